The van der Waals surface area contributed by atoms with Gasteiger partial charge in [0.1, 0.15) is 0 Å². The Morgan fingerprint density at radius 2 is 1.81 bits per heavy atom. The monoisotopic (exact) mass is 515 g/mol. The molecule has 0 aliphatic heterocycles. The molecule has 0 saturated carbocycles. The minimum absolute atomic E-state index is 0.0394. The Morgan fingerprint density at radius 3 is 2.61 bits per heavy atom. The summed E-state index contributed by atoms with van der Waals surface area (Å²) < 4.78 is 4.92. The van der Waals surface area contributed by atoms with Gasteiger partial charge in [0.15, 0.2) is 5.12 Å². The predicted molar refractivity (Wildman–Crippen MR) is 149 cm³/mol. The van der Waals surface area contributed by atoms with Crippen LogP contribution >= 0.6 is 23.4 Å². The molecule has 0 radical (unpaired) electrons. The van der Waals surface area contributed by atoms with Gasteiger partial charge >= 0.3 is 5.97 Å². The van der Waals surface area contributed by atoms with Gasteiger partial charge in [0, 0.05) is 22.6 Å². The first-order valence-electron chi connectivity index (χ1n) is 11.6. The molecule has 182 valence electrons. The smallest absolute Gasteiger partial charge is 0.338 e. The molecular formula is C30H26ClNO3S. The molecule has 0 spiro atoms. The van der Waals surface area contributed by atoms with Crippen molar-refractivity contribution in [3.8, 4) is 0 Å². The third-order valence-electron chi connectivity index (χ3n) is 5.81. The van der Waals surface area contributed by atoms with Crippen molar-refractivity contribution in [1.82, 2.24) is 4.98 Å². The van der Waals surface area contributed by atoms with E-state index in [1.807, 2.05) is 78.9 Å². The van der Waals surface area contributed by atoms with Gasteiger partial charge in [-0.1, -0.05) is 84.0 Å². The van der Waals surface area contributed by atoms with Crippen LogP contribution in [0.15, 0.2) is 78.9 Å². The van der Waals surface area contributed by atoms with Crippen LogP contribution in [0, 0.1) is 0 Å². The van der Waals surface area contributed by atoms with Crippen LogP contribution in [-0.2, 0) is 16.0 Å². The molecule has 1 atom stereocenters. The number of hydrogen-bond donors (Lipinski definition) is 0. The van der Waals surface area contributed by atoms with Crippen molar-refractivity contribution in [2.45, 2.75) is 25.0 Å². The number of hydrogen-bond acceptors (Lipinski definition) is 5. The van der Waals surface area contributed by atoms with Gasteiger partial charge in [0.2, 0.25) is 0 Å². The third kappa shape index (κ3) is 6.62. The van der Waals surface area contributed by atoms with Crippen molar-refractivity contribution in [3.63, 3.8) is 0 Å². The number of thioether (sulfide) groups is 1. The minimum Gasteiger partial charge on any atom is -0.465 e. The molecule has 1 unspecified atom stereocenters. The molecule has 36 heavy (non-hydrogen) atoms. The van der Waals surface area contributed by atoms with E-state index in [1.54, 1.807) is 13.0 Å². The Balaban J connectivity index is 1.54. The number of nitrogens with zero attached hydrogens (tertiary/aromatic N) is 1. The van der Waals surface area contributed by atoms with E-state index in [9.17, 15) is 9.59 Å². The second-order valence-corrected chi connectivity index (χ2v) is 10.2. The van der Waals surface area contributed by atoms with E-state index in [4.69, 9.17) is 16.3 Å². The maximum absolute atomic E-state index is 12.1. The van der Waals surface area contributed by atoms with Gasteiger partial charge in [0.05, 0.1) is 23.9 Å². The molecule has 0 bridgehead atoms. The van der Waals surface area contributed by atoms with Crippen molar-refractivity contribution in [3.05, 3.63) is 112 Å². The highest BCUT2D eigenvalue weighted by Gasteiger charge is 2.18. The van der Waals surface area contributed by atoms with Gasteiger partial charge in [-0.25, -0.2) is 9.78 Å². The number of pyridine rings is 1. The standard InChI is InChI=1S/C30H26ClNO3S/c1-20(33)36-29(17-13-22-7-3-4-9-27(22)30(34)35-2)24-8-5-6-21(18-24)10-15-26-16-12-23-11-14-25(31)19-28(23)32-26/h3-12,14-16,18-19,29H,13,17H2,1-2H3. The number of fused-ring (bicyclic) bond motifs is 1. The fourth-order valence-electron chi connectivity index (χ4n) is 4.07. The van der Waals surface area contributed by atoms with Crippen LogP contribution in [0.5, 0.6) is 0 Å². The van der Waals surface area contributed by atoms with E-state index in [-0.39, 0.29) is 16.3 Å². The number of aromatic nitrogens is 1. The van der Waals surface area contributed by atoms with Gasteiger partial charge in [-0.15, -0.1) is 0 Å². The summed E-state index contributed by atoms with van der Waals surface area (Å²) in [7, 11) is 1.38. The Labute approximate surface area is 220 Å². The Morgan fingerprint density at radius 1 is 1.00 bits per heavy atom. The summed E-state index contributed by atoms with van der Waals surface area (Å²) in [5.41, 5.74) is 5.24. The van der Waals surface area contributed by atoms with Gasteiger partial charge in [-0.05, 0) is 59.9 Å². The topological polar surface area (TPSA) is 56.3 Å². The maximum atomic E-state index is 12.1. The number of esters is 1. The van der Waals surface area contributed by atoms with E-state index in [0.717, 1.165) is 33.3 Å². The minimum atomic E-state index is -0.349. The fraction of sp³-hybridized carbons (Fsp3) is 0.167. The second kappa shape index (κ2) is 12.0. The van der Waals surface area contributed by atoms with Gasteiger partial charge < -0.3 is 4.74 Å². The molecule has 0 fully saturated rings. The molecule has 6 heteroatoms. The highest BCUT2D eigenvalue weighted by Crippen LogP contribution is 2.35. The Bertz CT molecular complexity index is 1430. The maximum Gasteiger partial charge on any atom is 0.338 e. The highest BCUT2D eigenvalue weighted by atomic mass is 35.5. The molecule has 0 aliphatic carbocycles. The molecule has 1 heterocycles. The van der Waals surface area contributed by atoms with Crippen LogP contribution in [-0.4, -0.2) is 23.2 Å². The molecule has 0 N–H and O–H groups in total. The average molecular weight is 516 g/mol. The first-order valence-corrected chi connectivity index (χ1v) is 12.9. The summed E-state index contributed by atoms with van der Waals surface area (Å²) in [4.78, 5) is 28.9. The molecule has 1 aromatic heterocycles. The van der Waals surface area contributed by atoms with E-state index in [0.29, 0.717) is 23.4 Å². The quantitative estimate of drug-likeness (QED) is 0.224. The summed E-state index contributed by atoms with van der Waals surface area (Å²) in [5, 5.41) is 1.71. The van der Waals surface area contributed by atoms with Gasteiger partial charge in [-0.3, -0.25) is 4.79 Å². The number of methoxy groups -OCH3 is 1. The normalized spacial score (nSPS) is 12.1. The van der Waals surface area contributed by atoms with Crippen molar-refractivity contribution < 1.29 is 14.3 Å². The predicted octanol–water partition coefficient (Wildman–Crippen LogP) is 7.80. The third-order valence-corrected chi connectivity index (χ3v) is 7.17. The lowest BCUT2D eigenvalue weighted by Crippen LogP contribution is -2.07. The van der Waals surface area contributed by atoms with E-state index in [2.05, 4.69) is 11.1 Å². The molecule has 4 aromatic rings. The summed E-state index contributed by atoms with van der Waals surface area (Å²) in [6.07, 6.45) is 5.35. The number of halogens is 1. The number of carbonyl (C=O) groups is 2. The van der Waals surface area contributed by atoms with Gasteiger partial charge in [0.25, 0.3) is 0 Å². The lowest BCUT2D eigenvalue weighted by molar-refractivity contribution is -0.109. The number of ether oxygens (including phenoxy) is 1. The van der Waals surface area contributed by atoms with E-state index >= 15 is 0 Å². The van der Waals surface area contributed by atoms with Crippen LogP contribution in [0.2, 0.25) is 5.02 Å². The molecule has 0 saturated heterocycles. The highest BCUT2D eigenvalue weighted by molar-refractivity contribution is 8.13. The summed E-state index contributed by atoms with van der Waals surface area (Å²) in [6, 6.07) is 25.3. The zero-order valence-corrected chi connectivity index (χ0v) is 21.7. The zero-order chi connectivity index (χ0) is 25.5. The number of aryl methyl sites for hydroxylation is 1. The first-order chi connectivity index (χ1) is 17.4. The zero-order valence-electron chi connectivity index (χ0n) is 20.1. The van der Waals surface area contributed by atoms with Crippen LogP contribution in [0.25, 0.3) is 23.1 Å². The molecule has 0 amide bonds. The SMILES string of the molecule is COC(=O)c1ccccc1CCC(SC(C)=O)c1cccc(C=Cc2ccc3ccc(Cl)cc3n2)c1. The number of rotatable bonds is 8. The first kappa shape index (κ1) is 25.7. The average Bonchev–Trinajstić information content (AvgIpc) is 2.89. The van der Waals surface area contributed by atoms with E-state index < -0.39 is 0 Å². The number of benzene rings is 3. The lowest BCUT2D eigenvalue weighted by atomic mass is 9.98. The summed E-state index contributed by atoms with van der Waals surface area (Å²) in [6.45, 7) is 1.58. The molecule has 4 nitrogen and oxygen atoms in total. The second-order valence-electron chi connectivity index (χ2n) is 8.36. The lowest BCUT2D eigenvalue weighted by Gasteiger charge is -2.17. The van der Waals surface area contributed by atoms with Gasteiger partial charge in [-0.2, -0.15) is 0 Å². The molecule has 4 rings (SSSR count). The Kier molecular flexibility index (Phi) is 8.57. The van der Waals surface area contributed by atoms with Crippen molar-refractivity contribution >= 4 is 57.5 Å². The molecule has 3 aromatic carbocycles. The van der Waals surface area contributed by atoms with Crippen molar-refractivity contribution in [2.75, 3.05) is 7.11 Å². The summed E-state index contributed by atoms with van der Waals surface area (Å²) in [5.74, 6) is -0.349. The fourth-order valence-corrected chi connectivity index (χ4v) is 5.16. The largest absolute Gasteiger partial charge is 0.465 e. The van der Waals surface area contributed by atoms with Crippen LogP contribution in [0.3, 0.4) is 0 Å². The van der Waals surface area contributed by atoms with Crippen LogP contribution < -0.4 is 0 Å². The molecular weight excluding hydrogens is 490 g/mol. The van der Waals surface area contributed by atoms with E-state index in [1.165, 1.54) is 18.9 Å². The van der Waals surface area contributed by atoms with Crippen molar-refractivity contribution in [1.29, 1.82) is 0 Å². The molecule has 0 aliphatic rings. The summed E-state index contributed by atoms with van der Waals surface area (Å²) >= 11 is 7.43. The van der Waals surface area contributed by atoms with Crippen molar-refractivity contribution in [2.24, 2.45) is 0 Å². The van der Waals surface area contributed by atoms with Crippen LogP contribution in [0.1, 0.15) is 51.3 Å². The van der Waals surface area contributed by atoms with Crippen LogP contribution in [0.4, 0.5) is 0 Å². The Hall–Kier alpha value is -3.41. The number of carbonyl (C=O) groups excluding carboxylic acids is 2.